The molecule has 0 aliphatic rings. The smallest absolute Gasteiger partial charge is 0.219 e. The first-order chi connectivity index (χ1) is 8.04. The van der Waals surface area contributed by atoms with E-state index in [1.54, 1.807) is 0 Å². The summed E-state index contributed by atoms with van der Waals surface area (Å²) < 4.78 is 26.0. The van der Waals surface area contributed by atoms with Crippen LogP contribution in [0.15, 0.2) is 18.2 Å². The van der Waals surface area contributed by atoms with Crippen molar-refractivity contribution in [3.63, 3.8) is 0 Å². The lowest BCUT2D eigenvalue weighted by Gasteiger charge is -2.02. The Hall–Kier alpha value is -1.78. The van der Waals surface area contributed by atoms with E-state index in [9.17, 15) is 18.4 Å². The number of Topliss-reactive ketones (excluding diaryl/α,β-unsaturated/α-hetero) is 1. The molecule has 0 bridgehead atoms. The van der Waals surface area contributed by atoms with Crippen LogP contribution in [0.25, 0.3) is 0 Å². The van der Waals surface area contributed by atoms with E-state index in [0.29, 0.717) is 6.42 Å². The van der Waals surface area contributed by atoms with Crippen LogP contribution < -0.4 is 5.32 Å². The molecule has 1 aromatic rings. The van der Waals surface area contributed by atoms with Gasteiger partial charge in [0.25, 0.3) is 0 Å². The van der Waals surface area contributed by atoms with Crippen molar-refractivity contribution in [2.45, 2.75) is 19.3 Å². The summed E-state index contributed by atoms with van der Waals surface area (Å²) >= 11 is 0. The maximum atomic E-state index is 13.2. The molecule has 0 radical (unpaired) electrons. The molecule has 0 aliphatic carbocycles. The quantitative estimate of drug-likeness (QED) is 0.802. The van der Waals surface area contributed by atoms with E-state index < -0.39 is 17.4 Å². The van der Waals surface area contributed by atoms with Crippen molar-refractivity contribution in [3.8, 4) is 0 Å². The lowest BCUT2D eigenvalue weighted by molar-refractivity contribution is -0.120. The molecule has 0 unspecified atom stereocenters. The lowest BCUT2D eigenvalue weighted by atomic mass is 10.0. The van der Waals surface area contributed by atoms with E-state index >= 15 is 0 Å². The minimum Gasteiger partial charge on any atom is -0.359 e. The molecule has 0 heterocycles. The molecule has 1 aromatic carbocycles. The van der Waals surface area contributed by atoms with Gasteiger partial charge in [-0.2, -0.15) is 0 Å². The van der Waals surface area contributed by atoms with Crippen LogP contribution in [-0.2, 0) is 4.79 Å². The number of nitrogens with one attached hydrogen (secondary N) is 1. The topological polar surface area (TPSA) is 46.2 Å². The largest absolute Gasteiger partial charge is 0.359 e. The molecule has 5 heteroatoms. The van der Waals surface area contributed by atoms with Gasteiger partial charge >= 0.3 is 0 Å². The van der Waals surface area contributed by atoms with Crippen molar-refractivity contribution < 1.29 is 18.4 Å². The van der Waals surface area contributed by atoms with Crippen molar-refractivity contribution in [1.29, 1.82) is 0 Å². The highest BCUT2D eigenvalue weighted by Crippen LogP contribution is 2.13. The molecule has 0 saturated heterocycles. The molecule has 3 nitrogen and oxygen atoms in total. The number of carbonyl (C=O) groups excluding carboxylic acids is 2. The summed E-state index contributed by atoms with van der Waals surface area (Å²) in [6.45, 7) is 0. The molecule has 0 atom stereocenters. The second-order valence-electron chi connectivity index (χ2n) is 3.57. The van der Waals surface area contributed by atoms with Gasteiger partial charge in [-0.1, -0.05) is 0 Å². The van der Waals surface area contributed by atoms with Crippen molar-refractivity contribution in [1.82, 2.24) is 5.32 Å². The Bertz CT molecular complexity index is 433. The zero-order valence-electron chi connectivity index (χ0n) is 9.43. The third-order valence-corrected chi connectivity index (χ3v) is 2.32. The average molecular weight is 241 g/mol. The number of rotatable bonds is 5. The van der Waals surface area contributed by atoms with E-state index in [-0.39, 0.29) is 24.3 Å². The molecular weight excluding hydrogens is 228 g/mol. The Labute approximate surface area is 97.8 Å². The standard InChI is InChI=1S/C12H13F2NO2/c1-15-12(17)4-2-3-11(16)9-7-8(13)5-6-10(9)14/h5-7H,2-4H2,1H3,(H,15,17). The Kier molecular flexibility index (Phi) is 4.75. The second-order valence-corrected chi connectivity index (χ2v) is 3.57. The third kappa shape index (κ3) is 3.94. The number of hydrogen-bond donors (Lipinski definition) is 1. The normalized spacial score (nSPS) is 10.1. The molecule has 0 aromatic heterocycles. The fourth-order valence-corrected chi connectivity index (χ4v) is 1.38. The Morgan fingerprint density at radius 2 is 1.94 bits per heavy atom. The Balaban J connectivity index is 2.58. The van der Waals surface area contributed by atoms with Crippen molar-refractivity contribution in [2.24, 2.45) is 0 Å². The maximum absolute atomic E-state index is 13.2. The van der Waals surface area contributed by atoms with Gasteiger partial charge < -0.3 is 5.32 Å². The number of amides is 1. The summed E-state index contributed by atoms with van der Waals surface area (Å²) in [7, 11) is 1.50. The highest BCUT2D eigenvalue weighted by Gasteiger charge is 2.12. The van der Waals surface area contributed by atoms with Gasteiger partial charge in [-0.15, -0.1) is 0 Å². The average Bonchev–Trinajstić information content (AvgIpc) is 2.31. The number of hydrogen-bond acceptors (Lipinski definition) is 2. The van der Waals surface area contributed by atoms with E-state index in [0.717, 1.165) is 18.2 Å². The van der Waals surface area contributed by atoms with Crippen LogP contribution in [0.3, 0.4) is 0 Å². The van der Waals surface area contributed by atoms with E-state index in [4.69, 9.17) is 0 Å². The van der Waals surface area contributed by atoms with Gasteiger partial charge in [0.05, 0.1) is 5.56 Å². The number of carbonyl (C=O) groups is 2. The molecule has 1 rings (SSSR count). The van der Waals surface area contributed by atoms with E-state index in [2.05, 4.69) is 5.32 Å². The Morgan fingerprint density at radius 3 is 2.59 bits per heavy atom. The SMILES string of the molecule is CNC(=O)CCCC(=O)c1cc(F)ccc1F. The van der Waals surface area contributed by atoms with Gasteiger partial charge in [0.1, 0.15) is 11.6 Å². The highest BCUT2D eigenvalue weighted by molar-refractivity contribution is 5.96. The molecule has 92 valence electrons. The molecular formula is C12H13F2NO2. The van der Waals surface area contributed by atoms with Crippen LogP contribution in [0, 0.1) is 11.6 Å². The van der Waals surface area contributed by atoms with Gasteiger partial charge in [-0.3, -0.25) is 9.59 Å². The van der Waals surface area contributed by atoms with Gasteiger partial charge in [-0.25, -0.2) is 8.78 Å². The van der Waals surface area contributed by atoms with Crippen LogP contribution in [-0.4, -0.2) is 18.7 Å². The molecule has 0 spiro atoms. The van der Waals surface area contributed by atoms with Gasteiger partial charge in [0, 0.05) is 19.9 Å². The van der Waals surface area contributed by atoms with Crippen LogP contribution in [0.4, 0.5) is 8.78 Å². The predicted molar refractivity (Wildman–Crippen MR) is 58.6 cm³/mol. The first-order valence-corrected chi connectivity index (χ1v) is 5.23. The highest BCUT2D eigenvalue weighted by atomic mass is 19.1. The summed E-state index contributed by atoms with van der Waals surface area (Å²) in [5, 5.41) is 2.41. The lowest BCUT2D eigenvalue weighted by Crippen LogP contribution is -2.17. The van der Waals surface area contributed by atoms with Crippen LogP contribution in [0.5, 0.6) is 0 Å². The number of halogens is 2. The van der Waals surface area contributed by atoms with Crippen molar-refractivity contribution in [2.75, 3.05) is 7.05 Å². The fourth-order valence-electron chi connectivity index (χ4n) is 1.38. The van der Waals surface area contributed by atoms with Crippen LogP contribution >= 0.6 is 0 Å². The van der Waals surface area contributed by atoms with Crippen LogP contribution in [0.2, 0.25) is 0 Å². The molecule has 0 saturated carbocycles. The number of ketones is 1. The molecule has 17 heavy (non-hydrogen) atoms. The van der Waals surface area contributed by atoms with E-state index in [1.807, 2.05) is 0 Å². The maximum Gasteiger partial charge on any atom is 0.219 e. The molecule has 0 aliphatic heterocycles. The minimum absolute atomic E-state index is 0.0216. The zero-order valence-corrected chi connectivity index (χ0v) is 9.43. The summed E-state index contributed by atoms with van der Waals surface area (Å²) in [6.07, 6.45) is 0.529. The fraction of sp³-hybridized carbons (Fsp3) is 0.333. The summed E-state index contributed by atoms with van der Waals surface area (Å²) in [5.41, 5.74) is -0.262. The summed E-state index contributed by atoms with van der Waals surface area (Å²) in [4.78, 5) is 22.4. The third-order valence-electron chi connectivity index (χ3n) is 2.32. The number of benzene rings is 1. The minimum atomic E-state index is -0.739. The van der Waals surface area contributed by atoms with Crippen molar-refractivity contribution in [3.05, 3.63) is 35.4 Å². The Morgan fingerprint density at radius 1 is 1.24 bits per heavy atom. The van der Waals surface area contributed by atoms with Crippen molar-refractivity contribution >= 4 is 11.7 Å². The monoisotopic (exact) mass is 241 g/mol. The predicted octanol–water partition coefficient (Wildman–Crippen LogP) is 2.06. The summed E-state index contributed by atoms with van der Waals surface area (Å²) in [5.74, 6) is -2.07. The van der Waals surface area contributed by atoms with Gasteiger partial charge in [0.2, 0.25) is 5.91 Å². The molecule has 0 fully saturated rings. The van der Waals surface area contributed by atoms with E-state index in [1.165, 1.54) is 7.05 Å². The zero-order chi connectivity index (χ0) is 12.8. The molecule has 1 N–H and O–H groups in total. The summed E-state index contributed by atoms with van der Waals surface area (Å²) in [6, 6.07) is 2.75. The van der Waals surface area contributed by atoms with Gasteiger partial charge in [0.15, 0.2) is 5.78 Å². The molecule has 1 amide bonds. The first-order valence-electron chi connectivity index (χ1n) is 5.23. The second kappa shape index (κ2) is 6.08. The van der Waals surface area contributed by atoms with Crippen LogP contribution in [0.1, 0.15) is 29.6 Å². The first kappa shape index (κ1) is 13.3. The van der Waals surface area contributed by atoms with Gasteiger partial charge in [-0.05, 0) is 24.6 Å².